The highest BCUT2D eigenvalue weighted by atomic mass is 35.5. The van der Waals surface area contributed by atoms with Crippen LogP contribution in [-0.2, 0) is 14.8 Å². The molecule has 3 rings (SSSR count). The van der Waals surface area contributed by atoms with Crippen LogP contribution in [0.4, 0.5) is 0 Å². The van der Waals surface area contributed by atoms with Crippen LogP contribution in [-0.4, -0.2) is 31.7 Å². The van der Waals surface area contributed by atoms with Gasteiger partial charge < -0.3 is 5.32 Å². The smallest absolute Gasteiger partial charge is 0.243 e. The second kappa shape index (κ2) is 8.64. The number of rotatable bonds is 5. The maximum absolute atomic E-state index is 12.9. The third-order valence-electron chi connectivity index (χ3n) is 5.22. The fourth-order valence-corrected chi connectivity index (χ4v) is 5.26. The molecule has 0 bridgehead atoms. The molecule has 1 fully saturated rings. The van der Waals surface area contributed by atoms with Gasteiger partial charge in [0.1, 0.15) is 0 Å². The van der Waals surface area contributed by atoms with E-state index in [4.69, 9.17) is 11.6 Å². The lowest BCUT2D eigenvalue weighted by molar-refractivity contribution is -0.126. The zero-order valence-electron chi connectivity index (χ0n) is 16.1. The average molecular weight is 421 g/mol. The highest BCUT2D eigenvalue weighted by Gasteiger charge is 2.33. The van der Waals surface area contributed by atoms with Crippen LogP contribution in [0.5, 0.6) is 0 Å². The summed E-state index contributed by atoms with van der Waals surface area (Å²) in [5, 5.41) is 3.53. The van der Waals surface area contributed by atoms with E-state index in [1.807, 2.05) is 38.1 Å². The molecule has 1 saturated heterocycles. The van der Waals surface area contributed by atoms with E-state index in [1.165, 1.54) is 16.4 Å². The molecule has 2 aromatic carbocycles. The van der Waals surface area contributed by atoms with Crippen LogP contribution < -0.4 is 5.32 Å². The minimum absolute atomic E-state index is 0.105. The van der Waals surface area contributed by atoms with Crippen molar-refractivity contribution in [3.8, 4) is 0 Å². The Morgan fingerprint density at radius 2 is 1.86 bits per heavy atom. The molecule has 0 spiro atoms. The lowest BCUT2D eigenvalue weighted by Crippen LogP contribution is -2.45. The zero-order chi connectivity index (χ0) is 20.3. The van der Waals surface area contributed by atoms with Crippen LogP contribution in [0.25, 0.3) is 0 Å². The molecule has 0 aliphatic carbocycles. The standard InChI is InChI=1S/C21H25ClN2O3S/c1-15-6-3-4-8-20(15)16(2)23-21(25)17-7-5-13-24(14-17)28(26,27)19-11-9-18(22)10-12-19/h3-4,6,8-12,16-17H,5,7,13-14H2,1-2H3,(H,23,25)/t16-,17-/m0/s1. The Morgan fingerprint density at radius 1 is 1.18 bits per heavy atom. The molecule has 0 radical (unpaired) electrons. The molecule has 150 valence electrons. The monoisotopic (exact) mass is 420 g/mol. The van der Waals surface area contributed by atoms with E-state index in [1.54, 1.807) is 12.1 Å². The number of piperidine rings is 1. The van der Waals surface area contributed by atoms with Gasteiger partial charge in [-0.2, -0.15) is 4.31 Å². The summed E-state index contributed by atoms with van der Waals surface area (Å²) in [4.78, 5) is 13.0. The molecule has 7 heteroatoms. The molecule has 1 aliphatic rings. The number of halogens is 1. The van der Waals surface area contributed by atoms with Gasteiger partial charge in [-0.15, -0.1) is 0 Å². The van der Waals surface area contributed by atoms with E-state index < -0.39 is 10.0 Å². The largest absolute Gasteiger partial charge is 0.349 e. The lowest BCUT2D eigenvalue weighted by atomic mass is 9.97. The van der Waals surface area contributed by atoms with Crippen LogP contribution in [0.1, 0.15) is 36.9 Å². The van der Waals surface area contributed by atoms with Gasteiger partial charge in [-0.1, -0.05) is 35.9 Å². The Kier molecular flexibility index (Phi) is 6.43. The van der Waals surface area contributed by atoms with E-state index in [-0.39, 0.29) is 29.3 Å². The van der Waals surface area contributed by atoms with Crippen molar-refractivity contribution in [2.45, 2.75) is 37.6 Å². The van der Waals surface area contributed by atoms with Gasteiger partial charge in [-0.3, -0.25) is 4.79 Å². The SMILES string of the molecule is Cc1ccccc1[C@H](C)NC(=O)[C@H]1CCCN(S(=O)(=O)c2ccc(Cl)cc2)C1. The summed E-state index contributed by atoms with van der Waals surface area (Å²) < 4.78 is 27.2. The summed E-state index contributed by atoms with van der Waals surface area (Å²) in [5.41, 5.74) is 2.18. The first kappa shape index (κ1) is 20.8. The first-order chi connectivity index (χ1) is 13.3. The van der Waals surface area contributed by atoms with E-state index in [9.17, 15) is 13.2 Å². The fourth-order valence-electron chi connectivity index (χ4n) is 3.61. The quantitative estimate of drug-likeness (QED) is 0.796. The number of benzene rings is 2. The Morgan fingerprint density at radius 3 is 2.54 bits per heavy atom. The normalized spacial score (nSPS) is 19.2. The molecule has 2 aromatic rings. The van der Waals surface area contributed by atoms with Crippen LogP contribution in [0, 0.1) is 12.8 Å². The summed E-state index contributed by atoms with van der Waals surface area (Å²) in [6.07, 6.45) is 1.34. The average Bonchev–Trinajstić information content (AvgIpc) is 2.68. The number of nitrogens with one attached hydrogen (secondary N) is 1. The van der Waals surface area contributed by atoms with E-state index >= 15 is 0 Å². The van der Waals surface area contributed by atoms with Gasteiger partial charge in [0.2, 0.25) is 15.9 Å². The van der Waals surface area contributed by atoms with Crippen molar-refractivity contribution >= 4 is 27.5 Å². The Balaban J connectivity index is 1.69. The van der Waals surface area contributed by atoms with Gasteiger partial charge in [0.05, 0.1) is 16.9 Å². The fraction of sp³-hybridized carbons (Fsp3) is 0.381. The van der Waals surface area contributed by atoms with Gasteiger partial charge in [-0.05, 0) is 62.1 Å². The second-order valence-electron chi connectivity index (χ2n) is 7.24. The van der Waals surface area contributed by atoms with Gasteiger partial charge in [0.25, 0.3) is 0 Å². The third kappa shape index (κ3) is 4.57. The summed E-state index contributed by atoms with van der Waals surface area (Å²) in [7, 11) is -3.64. The maximum Gasteiger partial charge on any atom is 0.243 e. The van der Waals surface area contributed by atoms with Crippen LogP contribution >= 0.6 is 11.6 Å². The van der Waals surface area contributed by atoms with Crippen molar-refractivity contribution in [3.63, 3.8) is 0 Å². The molecule has 1 heterocycles. The first-order valence-corrected chi connectivity index (χ1v) is 11.2. The summed E-state index contributed by atoms with van der Waals surface area (Å²) in [6, 6.07) is 13.9. The topological polar surface area (TPSA) is 66.5 Å². The number of sulfonamides is 1. The number of hydrogen-bond acceptors (Lipinski definition) is 3. The molecular formula is C21H25ClN2O3S. The molecule has 0 saturated carbocycles. The predicted molar refractivity (Wildman–Crippen MR) is 111 cm³/mol. The minimum Gasteiger partial charge on any atom is -0.349 e. The predicted octanol–water partition coefficient (Wildman–Crippen LogP) is 3.93. The minimum atomic E-state index is -3.64. The highest BCUT2D eigenvalue weighted by Crippen LogP contribution is 2.26. The molecule has 2 atom stereocenters. The summed E-state index contributed by atoms with van der Waals surface area (Å²) >= 11 is 5.86. The van der Waals surface area contributed by atoms with Crippen LogP contribution in [0.2, 0.25) is 5.02 Å². The molecule has 5 nitrogen and oxygen atoms in total. The Bertz CT molecular complexity index is 944. The van der Waals surface area contributed by atoms with Crippen molar-refractivity contribution in [1.82, 2.24) is 9.62 Å². The number of carbonyl (C=O) groups is 1. The van der Waals surface area contributed by atoms with Gasteiger partial charge in [-0.25, -0.2) is 8.42 Å². The van der Waals surface area contributed by atoms with Crippen LogP contribution in [0.3, 0.4) is 0 Å². The summed E-state index contributed by atoms with van der Waals surface area (Å²) in [5.74, 6) is -0.464. The zero-order valence-corrected chi connectivity index (χ0v) is 17.6. The van der Waals surface area contributed by atoms with Crippen molar-refractivity contribution in [1.29, 1.82) is 0 Å². The van der Waals surface area contributed by atoms with Crippen molar-refractivity contribution < 1.29 is 13.2 Å². The molecule has 0 unspecified atom stereocenters. The van der Waals surface area contributed by atoms with Gasteiger partial charge >= 0.3 is 0 Å². The number of nitrogens with zero attached hydrogens (tertiary/aromatic N) is 1. The molecule has 1 amide bonds. The van der Waals surface area contributed by atoms with Crippen molar-refractivity contribution in [3.05, 3.63) is 64.7 Å². The molecular weight excluding hydrogens is 396 g/mol. The third-order valence-corrected chi connectivity index (χ3v) is 7.35. The molecule has 28 heavy (non-hydrogen) atoms. The van der Waals surface area contributed by atoms with Crippen LogP contribution in [0.15, 0.2) is 53.4 Å². The number of hydrogen-bond donors (Lipinski definition) is 1. The summed E-state index contributed by atoms with van der Waals surface area (Å²) in [6.45, 7) is 4.57. The Labute approximate surface area is 171 Å². The molecule has 1 N–H and O–H groups in total. The van der Waals surface area contributed by atoms with E-state index in [0.717, 1.165) is 11.1 Å². The van der Waals surface area contributed by atoms with Gasteiger partial charge in [0.15, 0.2) is 0 Å². The highest BCUT2D eigenvalue weighted by molar-refractivity contribution is 7.89. The Hall–Kier alpha value is -1.89. The van der Waals surface area contributed by atoms with Gasteiger partial charge in [0, 0.05) is 18.1 Å². The molecule has 1 aliphatic heterocycles. The first-order valence-electron chi connectivity index (χ1n) is 9.40. The van der Waals surface area contributed by atoms with E-state index in [2.05, 4.69) is 5.32 Å². The molecule has 0 aromatic heterocycles. The number of amides is 1. The maximum atomic E-state index is 12.9. The second-order valence-corrected chi connectivity index (χ2v) is 9.62. The number of aryl methyl sites for hydroxylation is 1. The lowest BCUT2D eigenvalue weighted by Gasteiger charge is -2.32. The van der Waals surface area contributed by atoms with Crippen molar-refractivity contribution in [2.75, 3.05) is 13.1 Å². The van der Waals surface area contributed by atoms with Crippen molar-refractivity contribution in [2.24, 2.45) is 5.92 Å². The van der Waals surface area contributed by atoms with E-state index in [0.29, 0.717) is 24.4 Å². The number of carbonyl (C=O) groups excluding carboxylic acids is 1.